The first-order valence-electron chi connectivity index (χ1n) is 6.73. The van der Waals surface area contributed by atoms with Gasteiger partial charge in [0.2, 0.25) is 0 Å². The van der Waals surface area contributed by atoms with Crippen LogP contribution in [0.5, 0.6) is 0 Å². The minimum Gasteiger partial charge on any atom is -0.314 e. The lowest BCUT2D eigenvalue weighted by Gasteiger charge is -2.27. The average molecular weight is 250 g/mol. The highest BCUT2D eigenvalue weighted by Crippen LogP contribution is 2.18. The zero-order valence-corrected chi connectivity index (χ0v) is 11.4. The molecule has 1 N–H and O–H groups in total. The molecule has 0 bridgehead atoms. The van der Waals surface area contributed by atoms with Crippen molar-refractivity contribution >= 4 is 0 Å². The fourth-order valence-corrected chi connectivity index (χ4v) is 2.45. The maximum atomic E-state index is 13.6. The summed E-state index contributed by atoms with van der Waals surface area (Å²) < 4.78 is 13.6. The van der Waals surface area contributed by atoms with Crippen LogP contribution in [-0.4, -0.2) is 36.7 Å². The number of hydrogen-bond acceptors (Lipinski definition) is 2. The van der Waals surface area contributed by atoms with Crippen molar-refractivity contribution in [2.24, 2.45) is 0 Å². The van der Waals surface area contributed by atoms with Gasteiger partial charge in [-0.2, -0.15) is 0 Å². The topological polar surface area (TPSA) is 15.3 Å². The summed E-state index contributed by atoms with van der Waals surface area (Å²) in [5, 5.41) is 3.35. The van der Waals surface area contributed by atoms with Gasteiger partial charge >= 0.3 is 0 Å². The summed E-state index contributed by atoms with van der Waals surface area (Å²) in [7, 11) is 0. The molecule has 0 aromatic heterocycles. The van der Waals surface area contributed by atoms with Gasteiger partial charge in [0.15, 0.2) is 0 Å². The van der Waals surface area contributed by atoms with Crippen LogP contribution < -0.4 is 5.32 Å². The number of benzene rings is 1. The Labute approximate surface area is 109 Å². The van der Waals surface area contributed by atoms with Gasteiger partial charge in [0.25, 0.3) is 0 Å². The summed E-state index contributed by atoms with van der Waals surface area (Å²) in [6.07, 6.45) is 0.488. The number of nitrogens with one attached hydrogen (secondary N) is 1. The third-order valence-corrected chi connectivity index (χ3v) is 3.23. The maximum Gasteiger partial charge on any atom is 0.109 e. The minimum absolute atomic E-state index is 0.488. The molecule has 1 saturated heterocycles. The van der Waals surface area contributed by atoms with Gasteiger partial charge < -0.3 is 5.32 Å². The second-order valence-corrected chi connectivity index (χ2v) is 5.74. The highest BCUT2D eigenvalue weighted by Gasteiger charge is 2.16. The predicted molar refractivity (Wildman–Crippen MR) is 73.5 cm³/mol. The summed E-state index contributed by atoms with van der Waals surface area (Å²) in [6, 6.07) is 8.33. The van der Waals surface area contributed by atoms with Crippen molar-refractivity contribution in [1.29, 1.82) is 0 Å². The first-order chi connectivity index (χ1) is 8.53. The first-order valence-corrected chi connectivity index (χ1v) is 6.73. The van der Waals surface area contributed by atoms with Gasteiger partial charge in [-0.25, -0.2) is 4.39 Å². The van der Waals surface area contributed by atoms with E-state index in [1.807, 2.05) is 12.1 Å². The quantitative estimate of drug-likeness (QED) is 0.882. The molecule has 1 aromatic rings. The summed E-state index contributed by atoms with van der Waals surface area (Å²) in [6.45, 7) is 8.57. The largest absolute Gasteiger partial charge is 0.314 e. The van der Waals surface area contributed by atoms with Crippen molar-refractivity contribution in [2.75, 3.05) is 26.2 Å². The molecule has 1 fully saturated rings. The van der Waals surface area contributed by atoms with Crippen LogP contribution in [-0.2, 0) is 13.0 Å². The monoisotopic (exact) mass is 250 g/mol. The van der Waals surface area contributed by atoms with Gasteiger partial charge in [0.05, 0.1) is 0 Å². The van der Waals surface area contributed by atoms with Crippen LogP contribution in [0.3, 0.4) is 0 Å². The molecule has 1 heterocycles. The molecule has 0 amide bonds. The van der Waals surface area contributed by atoms with E-state index < -0.39 is 5.67 Å². The van der Waals surface area contributed by atoms with E-state index in [1.165, 1.54) is 5.56 Å². The number of hydrogen-bond donors (Lipinski definition) is 1. The zero-order valence-electron chi connectivity index (χ0n) is 11.4. The Morgan fingerprint density at radius 3 is 2.56 bits per heavy atom. The normalized spacial score (nSPS) is 17.9. The van der Waals surface area contributed by atoms with Gasteiger partial charge in [-0.3, -0.25) is 4.90 Å². The molecule has 0 spiro atoms. The molecule has 2 nitrogen and oxygen atoms in total. The fraction of sp³-hybridized carbons (Fsp3) is 0.600. The second-order valence-electron chi connectivity index (χ2n) is 5.74. The Bertz CT molecular complexity index is 378. The smallest absolute Gasteiger partial charge is 0.109 e. The summed E-state index contributed by atoms with van der Waals surface area (Å²) in [4.78, 5) is 2.44. The van der Waals surface area contributed by atoms with E-state index in [-0.39, 0.29) is 0 Å². The third-order valence-electron chi connectivity index (χ3n) is 3.23. The highest BCUT2D eigenvalue weighted by molar-refractivity contribution is 5.24. The standard InChI is InChI=1S/C15H23FN2/c1-15(2,16)11-13-4-3-5-14(10-13)12-18-8-6-17-7-9-18/h3-5,10,17H,6-9,11-12H2,1-2H3. The minimum atomic E-state index is -1.13. The molecule has 1 aliphatic rings. The molecule has 3 heteroatoms. The van der Waals surface area contributed by atoms with Gasteiger partial charge in [-0.15, -0.1) is 0 Å². The summed E-state index contributed by atoms with van der Waals surface area (Å²) >= 11 is 0. The Morgan fingerprint density at radius 1 is 1.22 bits per heavy atom. The van der Waals surface area contributed by atoms with E-state index in [9.17, 15) is 4.39 Å². The molecule has 1 aliphatic heterocycles. The van der Waals surface area contributed by atoms with E-state index in [0.717, 1.165) is 38.3 Å². The van der Waals surface area contributed by atoms with Crippen LogP contribution in [0.1, 0.15) is 25.0 Å². The third kappa shape index (κ3) is 4.39. The van der Waals surface area contributed by atoms with Crippen molar-refractivity contribution in [3.8, 4) is 0 Å². The number of rotatable bonds is 4. The maximum absolute atomic E-state index is 13.6. The molecule has 0 saturated carbocycles. The van der Waals surface area contributed by atoms with Crippen molar-refractivity contribution in [3.63, 3.8) is 0 Å². The van der Waals surface area contributed by atoms with Crippen LogP contribution in [0, 0.1) is 0 Å². The number of piperazine rings is 1. The van der Waals surface area contributed by atoms with E-state index in [0.29, 0.717) is 6.42 Å². The van der Waals surface area contributed by atoms with Gasteiger partial charge in [0.1, 0.15) is 5.67 Å². The summed E-state index contributed by atoms with van der Waals surface area (Å²) in [5.74, 6) is 0. The highest BCUT2D eigenvalue weighted by atomic mass is 19.1. The zero-order chi connectivity index (χ0) is 13.0. The molecule has 0 aliphatic carbocycles. The van der Waals surface area contributed by atoms with Crippen molar-refractivity contribution < 1.29 is 4.39 Å². The number of nitrogens with zero attached hydrogens (tertiary/aromatic N) is 1. The lowest BCUT2D eigenvalue weighted by molar-refractivity contribution is 0.216. The van der Waals surface area contributed by atoms with Crippen LogP contribution in [0.4, 0.5) is 4.39 Å². The first kappa shape index (κ1) is 13.5. The van der Waals surface area contributed by atoms with E-state index in [1.54, 1.807) is 13.8 Å². The fourth-order valence-electron chi connectivity index (χ4n) is 2.45. The molecule has 1 aromatic carbocycles. The Morgan fingerprint density at radius 2 is 1.89 bits per heavy atom. The Hall–Kier alpha value is -0.930. The predicted octanol–water partition coefficient (Wildman–Crippen LogP) is 2.38. The van der Waals surface area contributed by atoms with Gasteiger partial charge in [0, 0.05) is 39.1 Å². The van der Waals surface area contributed by atoms with Crippen molar-refractivity contribution in [2.45, 2.75) is 32.5 Å². The Kier molecular flexibility index (Phi) is 4.36. The van der Waals surface area contributed by atoms with Gasteiger partial charge in [-0.05, 0) is 25.0 Å². The van der Waals surface area contributed by atoms with Crippen LogP contribution in [0.15, 0.2) is 24.3 Å². The number of alkyl halides is 1. The average Bonchev–Trinajstić information content (AvgIpc) is 2.28. The second kappa shape index (κ2) is 5.81. The molecule has 2 rings (SSSR count). The Balaban J connectivity index is 1.98. The lowest BCUT2D eigenvalue weighted by atomic mass is 9.98. The molecule has 0 unspecified atom stereocenters. The molecule has 18 heavy (non-hydrogen) atoms. The van der Waals surface area contributed by atoms with E-state index in [2.05, 4.69) is 22.3 Å². The molecular weight excluding hydrogens is 227 g/mol. The molecule has 0 atom stereocenters. The molecule has 0 radical (unpaired) electrons. The van der Waals surface area contributed by atoms with Crippen LogP contribution in [0.25, 0.3) is 0 Å². The molecule has 100 valence electrons. The van der Waals surface area contributed by atoms with Crippen molar-refractivity contribution in [3.05, 3.63) is 35.4 Å². The van der Waals surface area contributed by atoms with Crippen LogP contribution in [0.2, 0.25) is 0 Å². The van der Waals surface area contributed by atoms with Gasteiger partial charge in [-0.1, -0.05) is 24.3 Å². The molecular formula is C15H23FN2. The lowest BCUT2D eigenvalue weighted by Crippen LogP contribution is -2.42. The van der Waals surface area contributed by atoms with E-state index in [4.69, 9.17) is 0 Å². The van der Waals surface area contributed by atoms with E-state index >= 15 is 0 Å². The SMILES string of the molecule is CC(C)(F)Cc1cccc(CN2CCNCC2)c1. The van der Waals surface area contributed by atoms with Crippen molar-refractivity contribution in [1.82, 2.24) is 10.2 Å². The number of halogens is 1. The van der Waals surface area contributed by atoms with Crippen LogP contribution >= 0.6 is 0 Å². The summed E-state index contributed by atoms with van der Waals surface area (Å²) in [5.41, 5.74) is 1.25.